The Hall–Kier alpha value is -2.94. The number of nitrogens with zero attached hydrogens (tertiary/aromatic N) is 1. The van der Waals surface area contributed by atoms with Crippen molar-refractivity contribution in [3.8, 4) is 0 Å². The Labute approximate surface area is 122 Å². The van der Waals surface area contributed by atoms with Crippen molar-refractivity contribution in [2.75, 3.05) is 0 Å². The molecule has 0 aromatic heterocycles. The van der Waals surface area contributed by atoms with Gasteiger partial charge in [0.25, 0.3) is 11.8 Å². The number of rotatable bonds is 3. The topological polar surface area (TPSA) is 37.4 Å². The van der Waals surface area contributed by atoms with Gasteiger partial charge < -0.3 is 0 Å². The molecule has 2 amide bonds. The van der Waals surface area contributed by atoms with Gasteiger partial charge in [0.2, 0.25) is 0 Å². The van der Waals surface area contributed by atoms with Gasteiger partial charge in [-0.25, -0.2) is 4.90 Å². The van der Waals surface area contributed by atoms with E-state index in [1.807, 2.05) is 66.7 Å². The van der Waals surface area contributed by atoms with E-state index in [-0.39, 0.29) is 11.8 Å². The number of hydrogen-bond acceptors (Lipinski definition) is 2. The first-order chi connectivity index (χ1) is 10.3. The van der Waals surface area contributed by atoms with Crippen molar-refractivity contribution in [1.29, 1.82) is 0 Å². The van der Waals surface area contributed by atoms with Gasteiger partial charge in [0.15, 0.2) is 0 Å². The quantitative estimate of drug-likeness (QED) is 0.637. The Bertz CT molecular complexity index is 712. The predicted molar refractivity (Wildman–Crippen MR) is 81.7 cm³/mol. The van der Waals surface area contributed by atoms with E-state index < -0.39 is 0 Å². The van der Waals surface area contributed by atoms with Gasteiger partial charge in [-0.2, -0.15) is 0 Å². The van der Waals surface area contributed by atoms with Gasteiger partial charge in [-0.05, 0) is 17.2 Å². The number of carbonyl (C=O) groups is 2. The van der Waals surface area contributed by atoms with E-state index in [2.05, 4.69) is 0 Å². The Morgan fingerprint density at radius 3 is 1.86 bits per heavy atom. The van der Waals surface area contributed by atoms with Crippen molar-refractivity contribution in [1.82, 2.24) is 4.90 Å². The maximum atomic E-state index is 12.0. The molecule has 1 aliphatic rings. The molecule has 2 aromatic carbocycles. The van der Waals surface area contributed by atoms with Crippen LogP contribution in [0, 0.1) is 0 Å². The summed E-state index contributed by atoms with van der Waals surface area (Å²) in [7, 11) is 0. The van der Waals surface area contributed by atoms with Crippen LogP contribution in [0.5, 0.6) is 0 Å². The molecule has 1 heterocycles. The van der Waals surface area contributed by atoms with Crippen LogP contribution in [0.1, 0.15) is 11.1 Å². The van der Waals surface area contributed by atoms with Crippen LogP contribution in [0.2, 0.25) is 0 Å². The summed E-state index contributed by atoms with van der Waals surface area (Å²) in [4.78, 5) is 25.1. The minimum atomic E-state index is -0.314. The zero-order chi connectivity index (χ0) is 14.7. The molecule has 0 aliphatic carbocycles. The summed E-state index contributed by atoms with van der Waals surface area (Å²) in [6.45, 7) is 0. The van der Waals surface area contributed by atoms with E-state index in [1.165, 1.54) is 17.1 Å². The minimum absolute atomic E-state index is 0.314. The zero-order valence-electron chi connectivity index (χ0n) is 11.3. The van der Waals surface area contributed by atoms with Crippen molar-refractivity contribution >= 4 is 23.6 Å². The molecule has 0 saturated heterocycles. The first kappa shape index (κ1) is 13.1. The van der Waals surface area contributed by atoms with Crippen LogP contribution in [0.4, 0.5) is 0 Å². The molecule has 2 aromatic rings. The lowest BCUT2D eigenvalue weighted by Gasteiger charge is -2.18. The summed E-state index contributed by atoms with van der Waals surface area (Å²) in [5.41, 5.74) is 2.34. The van der Waals surface area contributed by atoms with E-state index in [4.69, 9.17) is 0 Å². The minimum Gasteiger partial charge on any atom is -0.269 e. The molecule has 21 heavy (non-hydrogen) atoms. The van der Waals surface area contributed by atoms with Gasteiger partial charge in [0.1, 0.15) is 0 Å². The van der Waals surface area contributed by atoms with Gasteiger partial charge in [0, 0.05) is 12.2 Å². The van der Waals surface area contributed by atoms with E-state index in [1.54, 1.807) is 0 Å². The van der Waals surface area contributed by atoms with Gasteiger partial charge in [0.05, 0.1) is 5.70 Å². The highest BCUT2D eigenvalue weighted by Gasteiger charge is 2.27. The lowest BCUT2D eigenvalue weighted by Crippen LogP contribution is -2.28. The summed E-state index contributed by atoms with van der Waals surface area (Å²) in [6, 6.07) is 19.0. The maximum absolute atomic E-state index is 12.0. The number of carbonyl (C=O) groups excluding carboxylic acids is 2. The second-order valence-corrected chi connectivity index (χ2v) is 4.65. The Morgan fingerprint density at radius 2 is 1.29 bits per heavy atom. The smallest absolute Gasteiger partial charge is 0.258 e. The number of amides is 2. The molecule has 0 spiro atoms. The molecule has 102 valence electrons. The fourth-order valence-electron chi connectivity index (χ4n) is 2.23. The molecule has 0 saturated carbocycles. The Balaban J connectivity index is 2.10. The molecule has 3 rings (SSSR count). The van der Waals surface area contributed by atoms with Crippen LogP contribution in [0.3, 0.4) is 0 Å². The molecule has 0 fully saturated rings. The zero-order valence-corrected chi connectivity index (χ0v) is 11.3. The van der Waals surface area contributed by atoms with Crippen molar-refractivity contribution in [3.05, 3.63) is 83.9 Å². The van der Waals surface area contributed by atoms with Crippen LogP contribution >= 0.6 is 0 Å². The third-order valence-electron chi connectivity index (χ3n) is 3.22. The highest BCUT2D eigenvalue weighted by atomic mass is 16.2. The fourth-order valence-corrected chi connectivity index (χ4v) is 2.23. The third kappa shape index (κ3) is 2.67. The monoisotopic (exact) mass is 275 g/mol. The first-order valence-electron chi connectivity index (χ1n) is 6.64. The Morgan fingerprint density at radius 1 is 0.762 bits per heavy atom. The highest BCUT2D eigenvalue weighted by molar-refractivity contribution is 6.19. The molecule has 3 heteroatoms. The number of imide groups is 1. The van der Waals surface area contributed by atoms with Gasteiger partial charge in [-0.3, -0.25) is 9.59 Å². The van der Waals surface area contributed by atoms with Crippen LogP contribution in [-0.4, -0.2) is 16.7 Å². The van der Waals surface area contributed by atoms with Crippen LogP contribution < -0.4 is 0 Å². The SMILES string of the molecule is O=C1C=CC(=O)N1C(=Cc1ccccc1)c1ccccc1. The van der Waals surface area contributed by atoms with E-state index in [0.29, 0.717) is 5.70 Å². The standard InChI is InChI=1S/C18H13NO2/c20-17-11-12-18(21)19(17)16(15-9-5-2-6-10-15)13-14-7-3-1-4-8-14/h1-13H. The van der Waals surface area contributed by atoms with E-state index in [9.17, 15) is 9.59 Å². The molecule has 0 N–H and O–H groups in total. The van der Waals surface area contributed by atoms with Crippen molar-refractivity contribution in [3.63, 3.8) is 0 Å². The lowest BCUT2D eigenvalue weighted by molar-refractivity contribution is -0.132. The Kier molecular flexibility index (Phi) is 3.48. The molecule has 3 nitrogen and oxygen atoms in total. The van der Waals surface area contributed by atoms with Crippen molar-refractivity contribution in [2.45, 2.75) is 0 Å². The highest BCUT2D eigenvalue weighted by Crippen LogP contribution is 2.25. The number of hydrogen-bond donors (Lipinski definition) is 0. The average molecular weight is 275 g/mol. The molecule has 0 atom stereocenters. The average Bonchev–Trinajstić information content (AvgIpc) is 2.86. The molecular weight excluding hydrogens is 262 g/mol. The summed E-state index contributed by atoms with van der Waals surface area (Å²) < 4.78 is 0. The fraction of sp³-hybridized carbons (Fsp3) is 0. The van der Waals surface area contributed by atoms with Crippen LogP contribution in [0.25, 0.3) is 11.8 Å². The van der Waals surface area contributed by atoms with Crippen molar-refractivity contribution < 1.29 is 9.59 Å². The lowest BCUT2D eigenvalue weighted by atomic mass is 10.1. The van der Waals surface area contributed by atoms with Crippen molar-refractivity contribution in [2.24, 2.45) is 0 Å². The third-order valence-corrected chi connectivity index (χ3v) is 3.22. The van der Waals surface area contributed by atoms with Gasteiger partial charge in [-0.1, -0.05) is 60.7 Å². The molecular formula is C18H13NO2. The summed E-state index contributed by atoms with van der Waals surface area (Å²) >= 11 is 0. The van der Waals surface area contributed by atoms with E-state index >= 15 is 0 Å². The summed E-state index contributed by atoms with van der Waals surface area (Å²) in [6.07, 6.45) is 4.44. The second kappa shape index (κ2) is 5.59. The second-order valence-electron chi connectivity index (χ2n) is 4.65. The normalized spacial score (nSPS) is 14.9. The summed E-state index contributed by atoms with van der Waals surface area (Å²) in [5, 5.41) is 0. The first-order valence-corrected chi connectivity index (χ1v) is 6.64. The summed E-state index contributed by atoms with van der Waals surface area (Å²) in [5.74, 6) is -0.628. The van der Waals surface area contributed by atoms with Gasteiger partial charge >= 0.3 is 0 Å². The maximum Gasteiger partial charge on any atom is 0.258 e. The molecule has 0 radical (unpaired) electrons. The van der Waals surface area contributed by atoms with Gasteiger partial charge in [-0.15, -0.1) is 0 Å². The predicted octanol–water partition coefficient (Wildman–Crippen LogP) is 3.11. The molecule has 0 bridgehead atoms. The number of benzene rings is 2. The molecule has 1 aliphatic heterocycles. The van der Waals surface area contributed by atoms with E-state index in [0.717, 1.165) is 11.1 Å². The molecule has 0 unspecified atom stereocenters. The van der Waals surface area contributed by atoms with Crippen LogP contribution in [-0.2, 0) is 9.59 Å². The van der Waals surface area contributed by atoms with Crippen LogP contribution in [0.15, 0.2) is 72.8 Å². The largest absolute Gasteiger partial charge is 0.269 e.